The van der Waals surface area contributed by atoms with E-state index in [-0.39, 0.29) is 0 Å². The van der Waals surface area contributed by atoms with Gasteiger partial charge in [0.2, 0.25) is 5.88 Å². The van der Waals surface area contributed by atoms with Gasteiger partial charge in [-0.05, 0) is 25.4 Å². The lowest BCUT2D eigenvalue weighted by Crippen LogP contribution is -2.05. The summed E-state index contributed by atoms with van der Waals surface area (Å²) in [6.45, 7) is 3.50. The molecule has 84 valence electrons. The summed E-state index contributed by atoms with van der Waals surface area (Å²) in [6.07, 6.45) is 4.76. The van der Waals surface area contributed by atoms with Crippen molar-refractivity contribution in [1.29, 1.82) is 0 Å². The fourth-order valence-corrected chi connectivity index (χ4v) is 1.53. The van der Waals surface area contributed by atoms with Gasteiger partial charge in [0, 0.05) is 12.6 Å². The number of hydrogen-bond acceptors (Lipinski definition) is 5. The highest BCUT2D eigenvalue weighted by Gasteiger charge is 1.97. The number of anilines is 1. The molecule has 0 saturated heterocycles. The molecular formula is C10H17N3OS. The largest absolute Gasteiger partial charge is 0.478 e. The molecule has 1 aromatic rings. The summed E-state index contributed by atoms with van der Waals surface area (Å²) in [5, 5.41) is 3.23. The molecule has 0 aliphatic heterocycles. The maximum atomic E-state index is 5.28. The Kier molecular flexibility index (Phi) is 5.92. The van der Waals surface area contributed by atoms with Crippen molar-refractivity contribution in [2.45, 2.75) is 13.3 Å². The number of ether oxygens (including phenoxy) is 1. The van der Waals surface area contributed by atoms with Gasteiger partial charge < -0.3 is 10.1 Å². The van der Waals surface area contributed by atoms with E-state index >= 15 is 0 Å². The molecule has 1 aromatic heterocycles. The first kappa shape index (κ1) is 12.1. The van der Waals surface area contributed by atoms with Crippen LogP contribution >= 0.6 is 11.8 Å². The molecule has 0 radical (unpaired) electrons. The molecule has 1 rings (SSSR count). The quantitative estimate of drug-likeness (QED) is 0.722. The number of nitrogens with zero attached hydrogens (tertiary/aromatic N) is 2. The molecule has 1 heterocycles. The second-order valence-electron chi connectivity index (χ2n) is 2.95. The molecule has 0 aliphatic carbocycles. The highest BCUT2D eigenvalue weighted by Crippen LogP contribution is 2.10. The Hall–Kier alpha value is -0.970. The zero-order chi connectivity index (χ0) is 10.9. The van der Waals surface area contributed by atoms with Crippen molar-refractivity contribution in [3.05, 3.63) is 12.4 Å². The standard InChI is InChI=1S/C10H17N3OS/c1-3-14-10-7-9(12-8-13-10)11-5-4-6-15-2/h7-8H,3-6H2,1-2H3,(H,11,12,13). The van der Waals surface area contributed by atoms with Gasteiger partial charge in [0.1, 0.15) is 12.1 Å². The zero-order valence-electron chi connectivity index (χ0n) is 9.19. The summed E-state index contributed by atoms with van der Waals surface area (Å²) >= 11 is 1.85. The van der Waals surface area contributed by atoms with E-state index in [1.807, 2.05) is 24.8 Å². The SMILES string of the molecule is CCOc1cc(NCCCSC)ncn1. The molecule has 4 nitrogen and oxygen atoms in total. The van der Waals surface area contributed by atoms with Crippen molar-refractivity contribution >= 4 is 17.6 Å². The Bertz CT molecular complexity index is 283. The van der Waals surface area contributed by atoms with Gasteiger partial charge in [-0.15, -0.1) is 0 Å². The molecule has 0 bridgehead atoms. The van der Waals surface area contributed by atoms with Crippen LogP contribution in [0.2, 0.25) is 0 Å². The van der Waals surface area contributed by atoms with Crippen LogP contribution in [0.3, 0.4) is 0 Å². The van der Waals surface area contributed by atoms with E-state index < -0.39 is 0 Å². The van der Waals surface area contributed by atoms with Gasteiger partial charge in [-0.25, -0.2) is 9.97 Å². The van der Waals surface area contributed by atoms with E-state index in [0.29, 0.717) is 12.5 Å². The minimum Gasteiger partial charge on any atom is -0.478 e. The predicted octanol–water partition coefficient (Wildman–Crippen LogP) is 2.04. The van der Waals surface area contributed by atoms with Crippen LogP contribution in [-0.2, 0) is 0 Å². The van der Waals surface area contributed by atoms with E-state index in [2.05, 4.69) is 21.5 Å². The molecule has 0 unspecified atom stereocenters. The maximum absolute atomic E-state index is 5.28. The normalized spacial score (nSPS) is 10.0. The average molecular weight is 227 g/mol. The van der Waals surface area contributed by atoms with Crippen molar-refractivity contribution < 1.29 is 4.74 Å². The lowest BCUT2D eigenvalue weighted by molar-refractivity contribution is 0.326. The molecule has 15 heavy (non-hydrogen) atoms. The maximum Gasteiger partial charge on any atom is 0.218 e. The zero-order valence-corrected chi connectivity index (χ0v) is 10.0. The summed E-state index contributed by atoms with van der Waals surface area (Å²) in [6, 6.07) is 1.82. The third-order valence-corrected chi connectivity index (χ3v) is 2.46. The Morgan fingerprint density at radius 3 is 3.07 bits per heavy atom. The monoisotopic (exact) mass is 227 g/mol. The molecule has 0 aliphatic rings. The van der Waals surface area contributed by atoms with E-state index in [9.17, 15) is 0 Å². The first-order valence-corrected chi connectivity index (χ1v) is 6.44. The molecule has 0 amide bonds. The first-order chi connectivity index (χ1) is 7.36. The van der Waals surface area contributed by atoms with Gasteiger partial charge in [0.05, 0.1) is 6.61 Å². The molecule has 5 heteroatoms. The fourth-order valence-electron chi connectivity index (χ4n) is 1.10. The van der Waals surface area contributed by atoms with Gasteiger partial charge in [0.25, 0.3) is 0 Å². The van der Waals surface area contributed by atoms with Crippen LogP contribution in [0.1, 0.15) is 13.3 Å². The fraction of sp³-hybridized carbons (Fsp3) is 0.600. The predicted molar refractivity (Wildman–Crippen MR) is 64.7 cm³/mol. The average Bonchev–Trinajstić information content (AvgIpc) is 2.26. The number of rotatable bonds is 7. The summed E-state index contributed by atoms with van der Waals surface area (Å²) in [4.78, 5) is 8.11. The van der Waals surface area contributed by atoms with Crippen LogP contribution in [0, 0.1) is 0 Å². The minimum absolute atomic E-state index is 0.625. The molecular weight excluding hydrogens is 210 g/mol. The van der Waals surface area contributed by atoms with Crippen molar-refractivity contribution in [2.24, 2.45) is 0 Å². The van der Waals surface area contributed by atoms with E-state index in [0.717, 1.165) is 24.5 Å². The topological polar surface area (TPSA) is 47.0 Å². The molecule has 0 spiro atoms. The number of nitrogens with one attached hydrogen (secondary N) is 1. The molecule has 0 saturated carbocycles. The number of aromatic nitrogens is 2. The van der Waals surface area contributed by atoms with Gasteiger partial charge >= 0.3 is 0 Å². The number of hydrogen-bond donors (Lipinski definition) is 1. The molecule has 0 fully saturated rings. The Morgan fingerprint density at radius 1 is 1.47 bits per heavy atom. The number of thioether (sulfide) groups is 1. The Morgan fingerprint density at radius 2 is 2.33 bits per heavy atom. The summed E-state index contributed by atoms with van der Waals surface area (Å²) in [5.74, 6) is 2.62. The van der Waals surface area contributed by atoms with Crippen LogP contribution in [0.5, 0.6) is 5.88 Å². The van der Waals surface area contributed by atoms with Crippen LogP contribution in [0.15, 0.2) is 12.4 Å². The van der Waals surface area contributed by atoms with Crippen molar-refractivity contribution in [2.75, 3.05) is 30.5 Å². The van der Waals surface area contributed by atoms with E-state index in [1.54, 1.807) is 0 Å². The first-order valence-electron chi connectivity index (χ1n) is 5.04. The third kappa shape index (κ3) is 4.88. The van der Waals surface area contributed by atoms with Gasteiger partial charge in [-0.1, -0.05) is 0 Å². The second kappa shape index (κ2) is 7.34. The molecule has 0 aromatic carbocycles. The summed E-state index contributed by atoms with van der Waals surface area (Å²) < 4.78 is 5.28. The van der Waals surface area contributed by atoms with Gasteiger partial charge in [-0.3, -0.25) is 0 Å². The molecule has 1 N–H and O–H groups in total. The van der Waals surface area contributed by atoms with Crippen LogP contribution in [-0.4, -0.2) is 35.1 Å². The van der Waals surface area contributed by atoms with Gasteiger partial charge in [0.15, 0.2) is 0 Å². The highest BCUT2D eigenvalue weighted by molar-refractivity contribution is 7.98. The Labute approximate surface area is 94.8 Å². The van der Waals surface area contributed by atoms with E-state index in [1.165, 1.54) is 6.33 Å². The van der Waals surface area contributed by atoms with E-state index in [4.69, 9.17) is 4.74 Å². The minimum atomic E-state index is 0.625. The highest BCUT2D eigenvalue weighted by atomic mass is 32.2. The lowest BCUT2D eigenvalue weighted by atomic mass is 10.4. The van der Waals surface area contributed by atoms with Crippen molar-refractivity contribution in [3.8, 4) is 5.88 Å². The lowest BCUT2D eigenvalue weighted by Gasteiger charge is -2.06. The second-order valence-corrected chi connectivity index (χ2v) is 3.93. The van der Waals surface area contributed by atoms with Crippen LogP contribution in [0.25, 0.3) is 0 Å². The Balaban J connectivity index is 2.36. The smallest absolute Gasteiger partial charge is 0.218 e. The summed E-state index contributed by atoms with van der Waals surface area (Å²) in [5.41, 5.74) is 0. The van der Waals surface area contributed by atoms with Crippen molar-refractivity contribution in [1.82, 2.24) is 9.97 Å². The van der Waals surface area contributed by atoms with Crippen LogP contribution < -0.4 is 10.1 Å². The van der Waals surface area contributed by atoms with Gasteiger partial charge in [-0.2, -0.15) is 11.8 Å². The van der Waals surface area contributed by atoms with Crippen molar-refractivity contribution in [3.63, 3.8) is 0 Å². The molecule has 0 atom stereocenters. The van der Waals surface area contributed by atoms with Crippen LogP contribution in [0.4, 0.5) is 5.82 Å². The summed E-state index contributed by atoms with van der Waals surface area (Å²) in [7, 11) is 0. The third-order valence-electron chi connectivity index (χ3n) is 1.77.